The van der Waals surface area contributed by atoms with Gasteiger partial charge in [-0.3, -0.25) is 19.8 Å². The van der Waals surface area contributed by atoms with E-state index in [1.165, 1.54) is 17.0 Å². The Kier molecular flexibility index (Phi) is 7.64. The molecule has 0 fully saturated rings. The molecule has 0 saturated carbocycles. The summed E-state index contributed by atoms with van der Waals surface area (Å²) in [6.45, 7) is 5.42. The molecule has 0 aliphatic carbocycles. The number of nitro groups is 1. The first-order chi connectivity index (χ1) is 13.9. The van der Waals surface area contributed by atoms with Crippen LogP contribution in [0.1, 0.15) is 29.8 Å². The third-order valence-corrected chi connectivity index (χ3v) is 6.38. The Hall–Kier alpha value is -2.40. The predicted molar refractivity (Wildman–Crippen MR) is 125 cm³/mol. The highest BCUT2D eigenvalue weighted by Crippen LogP contribution is 2.27. The van der Waals surface area contributed by atoms with Gasteiger partial charge in [-0.05, 0) is 50.6 Å². The monoisotopic (exact) mass is 545 g/mol. The lowest BCUT2D eigenvalue weighted by Crippen LogP contribution is -2.37. The van der Waals surface area contributed by atoms with Crippen LogP contribution in [0.15, 0.2) is 36.4 Å². The number of non-ortho nitro benzene ring substituents is 1. The standard InChI is InChI=1S/C20H21ClIN3O5/c1-12-9-13(24(4)19(27)30-20(2,3)11-22)6-8-17(12)23-18(26)15-10-14(25(28)29)5-7-16(15)21/h5-10H,11H2,1-4H3,(H,23,26). The van der Waals surface area contributed by atoms with Crippen LogP contribution in [0.3, 0.4) is 0 Å². The molecule has 1 N–H and O–H groups in total. The number of nitro benzene ring substituents is 1. The van der Waals surface area contributed by atoms with Crippen molar-refractivity contribution in [1.29, 1.82) is 0 Å². The molecule has 0 spiro atoms. The molecule has 0 unspecified atom stereocenters. The SMILES string of the molecule is Cc1cc(N(C)C(=O)OC(C)(C)CI)ccc1NC(=O)c1cc([N+](=O)[O-])ccc1Cl. The van der Waals surface area contributed by atoms with Gasteiger partial charge >= 0.3 is 6.09 Å². The van der Waals surface area contributed by atoms with E-state index in [1.807, 2.05) is 13.8 Å². The lowest BCUT2D eigenvalue weighted by molar-refractivity contribution is -0.384. The zero-order chi connectivity index (χ0) is 22.6. The number of nitrogens with zero attached hydrogens (tertiary/aromatic N) is 2. The number of halogens is 2. The molecule has 0 aromatic heterocycles. The lowest BCUT2D eigenvalue weighted by atomic mass is 10.1. The molecule has 0 aliphatic heterocycles. The number of amides is 2. The second kappa shape index (κ2) is 9.61. The van der Waals surface area contributed by atoms with Crippen LogP contribution < -0.4 is 10.2 Å². The number of rotatable bonds is 6. The number of ether oxygens (including phenoxy) is 1. The van der Waals surface area contributed by atoms with E-state index in [9.17, 15) is 19.7 Å². The van der Waals surface area contributed by atoms with E-state index in [-0.39, 0.29) is 16.3 Å². The van der Waals surface area contributed by atoms with Gasteiger partial charge in [-0.2, -0.15) is 0 Å². The smallest absolute Gasteiger partial charge is 0.414 e. The van der Waals surface area contributed by atoms with Gasteiger partial charge in [0.2, 0.25) is 0 Å². The first kappa shape index (κ1) is 23.9. The summed E-state index contributed by atoms with van der Waals surface area (Å²) in [5.41, 5.74) is 0.943. The number of hydrogen-bond acceptors (Lipinski definition) is 5. The highest BCUT2D eigenvalue weighted by Gasteiger charge is 2.24. The molecule has 2 amide bonds. The van der Waals surface area contributed by atoms with Gasteiger partial charge in [0.15, 0.2) is 0 Å². The van der Waals surface area contributed by atoms with Gasteiger partial charge in [-0.1, -0.05) is 34.2 Å². The molecule has 0 radical (unpaired) electrons. The summed E-state index contributed by atoms with van der Waals surface area (Å²) in [6, 6.07) is 8.69. The first-order valence-electron chi connectivity index (χ1n) is 8.84. The number of anilines is 2. The number of alkyl halides is 1. The highest BCUT2D eigenvalue weighted by molar-refractivity contribution is 14.1. The van der Waals surface area contributed by atoms with Crippen LogP contribution in [0, 0.1) is 17.0 Å². The van der Waals surface area contributed by atoms with E-state index < -0.39 is 22.5 Å². The van der Waals surface area contributed by atoms with Crippen molar-refractivity contribution in [3.63, 3.8) is 0 Å². The van der Waals surface area contributed by atoms with Gasteiger partial charge in [-0.15, -0.1) is 0 Å². The minimum atomic E-state index is -0.596. The van der Waals surface area contributed by atoms with Crippen LogP contribution in [-0.2, 0) is 4.74 Å². The molecular formula is C20H21ClIN3O5. The zero-order valence-electron chi connectivity index (χ0n) is 16.9. The van der Waals surface area contributed by atoms with Crippen molar-refractivity contribution < 1.29 is 19.2 Å². The summed E-state index contributed by atoms with van der Waals surface area (Å²) in [5, 5.41) is 13.7. The fourth-order valence-corrected chi connectivity index (χ4v) is 2.78. The Morgan fingerprint density at radius 3 is 2.50 bits per heavy atom. The molecule has 0 saturated heterocycles. The van der Waals surface area contributed by atoms with E-state index in [4.69, 9.17) is 16.3 Å². The van der Waals surface area contributed by atoms with Crippen molar-refractivity contribution in [2.75, 3.05) is 21.7 Å². The summed E-state index contributed by atoms with van der Waals surface area (Å²) >= 11 is 8.18. The minimum absolute atomic E-state index is 0.00364. The number of carbonyl (C=O) groups is 2. The molecule has 0 aliphatic rings. The van der Waals surface area contributed by atoms with E-state index in [1.54, 1.807) is 32.2 Å². The van der Waals surface area contributed by atoms with E-state index in [0.29, 0.717) is 21.4 Å². The molecule has 2 aromatic rings. The Morgan fingerprint density at radius 2 is 1.93 bits per heavy atom. The number of carbonyl (C=O) groups excluding carboxylic acids is 2. The first-order valence-corrected chi connectivity index (χ1v) is 10.7. The maximum absolute atomic E-state index is 12.6. The van der Waals surface area contributed by atoms with Gasteiger partial charge in [-0.25, -0.2) is 4.79 Å². The van der Waals surface area contributed by atoms with Crippen LogP contribution in [0.4, 0.5) is 21.9 Å². The van der Waals surface area contributed by atoms with E-state index in [0.717, 1.165) is 6.07 Å². The van der Waals surface area contributed by atoms with Gasteiger partial charge in [0, 0.05) is 35.0 Å². The number of nitrogens with one attached hydrogen (secondary N) is 1. The van der Waals surface area contributed by atoms with Crippen LogP contribution in [0.25, 0.3) is 0 Å². The van der Waals surface area contributed by atoms with Crippen LogP contribution in [-0.4, -0.2) is 34.0 Å². The summed E-state index contributed by atoms with van der Waals surface area (Å²) in [5.74, 6) is -0.573. The maximum Gasteiger partial charge on any atom is 0.414 e. The predicted octanol–water partition coefficient (Wildman–Crippen LogP) is 5.60. The Balaban J connectivity index is 2.20. The highest BCUT2D eigenvalue weighted by atomic mass is 127. The van der Waals surface area contributed by atoms with Crippen molar-refractivity contribution in [3.05, 3.63) is 62.7 Å². The van der Waals surface area contributed by atoms with Crippen molar-refractivity contribution in [1.82, 2.24) is 0 Å². The van der Waals surface area contributed by atoms with Gasteiger partial charge in [0.1, 0.15) is 5.60 Å². The molecule has 0 bridgehead atoms. The minimum Gasteiger partial charge on any atom is -0.442 e. The Bertz CT molecular complexity index is 996. The van der Waals surface area contributed by atoms with E-state index in [2.05, 4.69) is 27.9 Å². The van der Waals surface area contributed by atoms with Gasteiger partial charge < -0.3 is 10.1 Å². The van der Waals surface area contributed by atoms with Crippen LogP contribution >= 0.6 is 34.2 Å². The maximum atomic E-state index is 12.6. The number of aryl methyl sites for hydroxylation is 1. The lowest BCUT2D eigenvalue weighted by Gasteiger charge is -2.26. The normalized spacial score (nSPS) is 11.0. The van der Waals surface area contributed by atoms with Gasteiger partial charge in [0.25, 0.3) is 11.6 Å². The molecule has 0 atom stereocenters. The molecule has 160 valence electrons. The average Bonchev–Trinajstić information content (AvgIpc) is 2.68. The van der Waals surface area contributed by atoms with E-state index >= 15 is 0 Å². The van der Waals surface area contributed by atoms with Crippen molar-refractivity contribution in [2.24, 2.45) is 0 Å². The molecule has 10 heteroatoms. The topological polar surface area (TPSA) is 102 Å². The summed E-state index contributed by atoms with van der Waals surface area (Å²) in [6.07, 6.45) is -0.490. The molecule has 30 heavy (non-hydrogen) atoms. The van der Waals surface area contributed by atoms with Crippen molar-refractivity contribution in [2.45, 2.75) is 26.4 Å². The third-order valence-electron chi connectivity index (χ3n) is 4.21. The Morgan fingerprint density at radius 1 is 1.27 bits per heavy atom. The van der Waals surface area contributed by atoms with Crippen LogP contribution in [0.5, 0.6) is 0 Å². The molecule has 2 aromatic carbocycles. The third kappa shape index (κ3) is 5.82. The second-order valence-electron chi connectivity index (χ2n) is 7.19. The van der Waals surface area contributed by atoms with Crippen molar-refractivity contribution >= 4 is 63.3 Å². The molecule has 2 rings (SSSR count). The zero-order valence-corrected chi connectivity index (χ0v) is 19.8. The molecular weight excluding hydrogens is 525 g/mol. The Labute approximate surface area is 192 Å². The second-order valence-corrected chi connectivity index (χ2v) is 8.36. The van der Waals surface area contributed by atoms with Crippen molar-refractivity contribution in [3.8, 4) is 0 Å². The summed E-state index contributed by atoms with van der Waals surface area (Å²) < 4.78 is 6.13. The fourth-order valence-electron chi connectivity index (χ4n) is 2.42. The molecule has 8 nitrogen and oxygen atoms in total. The summed E-state index contributed by atoms with van der Waals surface area (Å²) in [7, 11) is 1.60. The average molecular weight is 546 g/mol. The summed E-state index contributed by atoms with van der Waals surface area (Å²) in [4.78, 5) is 36.7. The van der Waals surface area contributed by atoms with Crippen LogP contribution in [0.2, 0.25) is 5.02 Å². The number of hydrogen-bond donors (Lipinski definition) is 1. The molecule has 0 heterocycles. The number of benzene rings is 2. The van der Waals surface area contributed by atoms with Gasteiger partial charge in [0.05, 0.1) is 15.5 Å². The fraction of sp³-hybridized carbons (Fsp3) is 0.300. The quantitative estimate of drug-likeness (QED) is 0.220. The largest absolute Gasteiger partial charge is 0.442 e.